The van der Waals surface area contributed by atoms with Gasteiger partial charge in [0.15, 0.2) is 0 Å². The van der Waals surface area contributed by atoms with Crippen LogP contribution < -0.4 is 5.32 Å². The number of hydrogen-bond acceptors (Lipinski definition) is 1. The Morgan fingerprint density at radius 2 is 1.84 bits per heavy atom. The summed E-state index contributed by atoms with van der Waals surface area (Å²) in [6, 6.07) is 9.37. The Morgan fingerprint density at radius 3 is 2.42 bits per heavy atom. The number of nitrogens with one attached hydrogen (secondary N) is 1. The smallest absolute Gasteiger partial charge is 0.248 e. The maximum absolute atomic E-state index is 13.0. The zero-order valence-corrected chi connectivity index (χ0v) is 11.0. The average molecular weight is 267 g/mol. The van der Waals surface area contributed by atoms with Crippen LogP contribution in [0.15, 0.2) is 30.3 Å². The number of carbonyl (C=O) groups excluding carboxylic acids is 1. The van der Waals surface area contributed by atoms with E-state index in [1.165, 1.54) is 0 Å². The van der Waals surface area contributed by atoms with Crippen LogP contribution in [0.4, 0.5) is 8.78 Å². The van der Waals surface area contributed by atoms with E-state index in [1.54, 1.807) is 0 Å². The predicted molar refractivity (Wildman–Crippen MR) is 70.2 cm³/mol. The number of hydrogen-bond donors (Lipinski definition) is 1. The molecule has 1 aliphatic carbocycles. The van der Waals surface area contributed by atoms with Gasteiger partial charge in [0.05, 0.1) is 5.92 Å². The molecule has 19 heavy (non-hydrogen) atoms. The van der Waals surface area contributed by atoms with Crippen molar-refractivity contribution in [2.45, 2.75) is 50.5 Å². The Bertz CT molecular complexity index is 423. The molecule has 2 rings (SSSR count). The first-order chi connectivity index (χ1) is 8.98. The first-order valence-electron chi connectivity index (χ1n) is 6.71. The third kappa shape index (κ3) is 3.75. The molecule has 0 radical (unpaired) electrons. The van der Waals surface area contributed by atoms with Crippen LogP contribution in [0, 0.1) is 0 Å². The summed E-state index contributed by atoms with van der Waals surface area (Å²) in [4.78, 5) is 12.1. The lowest BCUT2D eigenvalue weighted by molar-refractivity contribution is -0.124. The van der Waals surface area contributed by atoms with E-state index in [-0.39, 0.29) is 30.7 Å². The topological polar surface area (TPSA) is 29.1 Å². The lowest BCUT2D eigenvalue weighted by atomic mass is 9.91. The Kier molecular flexibility index (Phi) is 4.17. The van der Waals surface area contributed by atoms with Crippen molar-refractivity contribution in [1.29, 1.82) is 0 Å². The minimum atomic E-state index is -2.55. The van der Waals surface area contributed by atoms with Crippen LogP contribution in [0.1, 0.15) is 44.1 Å². The van der Waals surface area contributed by atoms with Crippen molar-refractivity contribution in [1.82, 2.24) is 5.32 Å². The zero-order chi connectivity index (χ0) is 13.9. The van der Waals surface area contributed by atoms with Crippen LogP contribution in [0.3, 0.4) is 0 Å². The minimum Gasteiger partial charge on any atom is -0.353 e. The van der Waals surface area contributed by atoms with Crippen molar-refractivity contribution in [2.24, 2.45) is 0 Å². The highest BCUT2D eigenvalue weighted by Crippen LogP contribution is 2.33. The van der Waals surface area contributed by atoms with E-state index in [4.69, 9.17) is 0 Å². The van der Waals surface area contributed by atoms with Crippen molar-refractivity contribution in [2.75, 3.05) is 0 Å². The lowest BCUT2D eigenvalue weighted by Gasteiger charge is -2.29. The Labute approximate surface area is 112 Å². The van der Waals surface area contributed by atoms with Crippen LogP contribution in [0.5, 0.6) is 0 Å². The maximum atomic E-state index is 13.0. The molecule has 0 aliphatic heterocycles. The van der Waals surface area contributed by atoms with E-state index >= 15 is 0 Å². The monoisotopic (exact) mass is 267 g/mol. The molecule has 0 heterocycles. The molecule has 1 N–H and O–H groups in total. The van der Waals surface area contributed by atoms with E-state index in [9.17, 15) is 13.6 Å². The standard InChI is InChI=1S/C15H19F2NO/c1-11(12-5-3-2-4-6-12)14(19)18-13-7-9-15(16,17)10-8-13/h2-6,11,13H,7-10H2,1H3,(H,18,19)/t11-/m0/s1. The number of benzene rings is 1. The molecule has 1 aliphatic rings. The quantitative estimate of drug-likeness (QED) is 0.892. The van der Waals surface area contributed by atoms with Crippen molar-refractivity contribution in [3.05, 3.63) is 35.9 Å². The van der Waals surface area contributed by atoms with Crippen LogP contribution in [0.25, 0.3) is 0 Å². The number of carbonyl (C=O) groups is 1. The van der Waals surface area contributed by atoms with Gasteiger partial charge in [-0.15, -0.1) is 0 Å². The molecule has 104 valence electrons. The van der Waals surface area contributed by atoms with Gasteiger partial charge in [-0.05, 0) is 25.3 Å². The van der Waals surface area contributed by atoms with Crippen LogP contribution >= 0.6 is 0 Å². The molecular formula is C15H19F2NO. The van der Waals surface area contributed by atoms with Gasteiger partial charge in [0, 0.05) is 18.9 Å². The first-order valence-corrected chi connectivity index (χ1v) is 6.71. The Hall–Kier alpha value is -1.45. The van der Waals surface area contributed by atoms with Gasteiger partial charge in [-0.3, -0.25) is 4.79 Å². The highest BCUT2D eigenvalue weighted by atomic mass is 19.3. The highest BCUT2D eigenvalue weighted by Gasteiger charge is 2.35. The summed E-state index contributed by atoms with van der Waals surface area (Å²) in [6.45, 7) is 1.84. The second-order valence-corrected chi connectivity index (χ2v) is 5.27. The summed E-state index contributed by atoms with van der Waals surface area (Å²) in [5.74, 6) is -2.88. The fraction of sp³-hybridized carbons (Fsp3) is 0.533. The second-order valence-electron chi connectivity index (χ2n) is 5.27. The molecule has 0 saturated heterocycles. The molecule has 1 atom stereocenters. The zero-order valence-electron chi connectivity index (χ0n) is 11.0. The predicted octanol–water partition coefficient (Wildman–Crippen LogP) is 3.48. The van der Waals surface area contributed by atoms with E-state index < -0.39 is 5.92 Å². The van der Waals surface area contributed by atoms with Crippen LogP contribution in [-0.4, -0.2) is 17.9 Å². The Morgan fingerprint density at radius 1 is 1.26 bits per heavy atom. The fourth-order valence-corrected chi connectivity index (χ4v) is 2.40. The van der Waals surface area contributed by atoms with Gasteiger partial charge in [0.2, 0.25) is 11.8 Å². The normalized spacial score (nSPS) is 20.8. The van der Waals surface area contributed by atoms with Crippen LogP contribution in [-0.2, 0) is 4.79 Å². The maximum Gasteiger partial charge on any atom is 0.248 e. The largest absolute Gasteiger partial charge is 0.353 e. The summed E-state index contributed by atoms with van der Waals surface area (Å²) in [7, 11) is 0. The summed E-state index contributed by atoms with van der Waals surface area (Å²) in [5, 5.41) is 2.88. The molecule has 2 nitrogen and oxygen atoms in total. The molecule has 1 saturated carbocycles. The summed E-state index contributed by atoms with van der Waals surface area (Å²) >= 11 is 0. The molecular weight excluding hydrogens is 248 g/mol. The van der Waals surface area contributed by atoms with Crippen molar-refractivity contribution < 1.29 is 13.6 Å². The first kappa shape index (κ1) is 14.0. The molecule has 1 aromatic carbocycles. The molecule has 0 unspecified atom stereocenters. The number of alkyl halides is 2. The van der Waals surface area contributed by atoms with E-state index in [2.05, 4.69) is 5.32 Å². The Balaban J connectivity index is 1.88. The molecule has 0 bridgehead atoms. The fourth-order valence-electron chi connectivity index (χ4n) is 2.40. The number of rotatable bonds is 3. The molecule has 0 spiro atoms. The average Bonchev–Trinajstić information content (AvgIpc) is 2.41. The number of halogens is 2. The van der Waals surface area contributed by atoms with Crippen LogP contribution in [0.2, 0.25) is 0 Å². The van der Waals surface area contributed by atoms with Gasteiger partial charge < -0.3 is 5.32 Å². The van der Waals surface area contributed by atoms with Gasteiger partial charge in [0.25, 0.3) is 0 Å². The van der Waals surface area contributed by atoms with Gasteiger partial charge in [-0.1, -0.05) is 30.3 Å². The number of amides is 1. The molecule has 0 aromatic heterocycles. The van der Waals surface area contributed by atoms with Crippen molar-refractivity contribution in [3.8, 4) is 0 Å². The third-order valence-electron chi connectivity index (χ3n) is 3.76. The van der Waals surface area contributed by atoms with Crippen molar-refractivity contribution in [3.63, 3.8) is 0 Å². The van der Waals surface area contributed by atoms with E-state index in [0.29, 0.717) is 12.8 Å². The van der Waals surface area contributed by atoms with E-state index in [1.807, 2.05) is 37.3 Å². The molecule has 4 heteroatoms. The van der Waals surface area contributed by atoms with Gasteiger partial charge in [-0.25, -0.2) is 8.78 Å². The third-order valence-corrected chi connectivity index (χ3v) is 3.76. The second kappa shape index (κ2) is 5.68. The molecule has 1 amide bonds. The lowest BCUT2D eigenvalue weighted by Crippen LogP contribution is -2.41. The minimum absolute atomic E-state index is 0.0820. The summed E-state index contributed by atoms with van der Waals surface area (Å²) in [6.07, 6.45) is 0.468. The summed E-state index contributed by atoms with van der Waals surface area (Å²) in [5.41, 5.74) is 0.945. The van der Waals surface area contributed by atoms with Gasteiger partial charge >= 0.3 is 0 Å². The summed E-state index contributed by atoms with van der Waals surface area (Å²) < 4.78 is 26.1. The van der Waals surface area contributed by atoms with Crippen molar-refractivity contribution >= 4 is 5.91 Å². The highest BCUT2D eigenvalue weighted by molar-refractivity contribution is 5.83. The van der Waals surface area contributed by atoms with E-state index in [0.717, 1.165) is 5.56 Å². The molecule has 1 fully saturated rings. The molecule has 1 aromatic rings. The SMILES string of the molecule is C[C@H](C(=O)NC1CCC(F)(F)CC1)c1ccccc1. The van der Waals surface area contributed by atoms with Gasteiger partial charge in [-0.2, -0.15) is 0 Å². The van der Waals surface area contributed by atoms with Gasteiger partial charge in [0.1, 0.15) is 0 Å².